The first-order chi connectivity index (χ1) is 8.11. The van der Waals surface area contributed by atoms with E-state index in [9.17, 15) is 0 Å². The summed E-state index contributed by atoms with van der Waals surface area (Å²) in [4.78, 5) is 3.85. The molecule has 0 spiro atoms. The third-order valence-electron chi connectivity index (χ3n) is 4.03. The molecule has 1 saturated carbocycles. The van der Waals surface area contributed by atoms with Crippen LogP contribution in [0.2, 0.25) is 0 Å². The molecule has 0 aliphatic heterocycles. The summed E-state index contributed by atoms with van der Waals surface area (Å²) in [6, 6.07) is 4.83. The van der Waals surface area contributed by atoms with Gasteiger partial charge in [0.05, 0.1) is 0 Å². The fraction of sp³-hybridized carbons (Fsp3) is 0.714. The quantitative estimate of drug-likeness (QED) is 0.890. The van der Waals surface area contributed by atoms with Crippen molar-refractivity contribution < 1.29 is 0 Å². The highest BCUT2D eigenvalue weighted by Gasteiger charge is 2.30. The van der Waals surface area contributed by atoms with E-state index in [1.165, 1.54) is 37.0 Å². The topological polar surface area (TPSA) is 29.3 Å². The zero-order valence-corrected chi connectivity index (χ0v) is 11.8. The van der Waals surface area contributed by atoms with Gasteiger partial charge in [0.1, 0.15) is 0 Å². The Labute approximate surface area is 109 Å². The van der Waals surface area contributed by atoms with Gasteiger partial charge in [0.25, 0.3) is 0 Å². The van der Waals surface area contributed by atoms with Gasteiger partial charge in [-0.05, 0) is 38.3 Å². The smallest absolute Gasteiger partial charge is 0.0411 e. The maximum Gasteiger partial charge on any atom is 0.0411 e. The number of thiophene rings is 1. The van der Waals surface area contributed by atoms with Crippen molar-refractivity contribution in [2.45, 2.75) is 50.6 Å². The Kier molecular flexibility index (Phi) is 4.23. The average molecular weight is 252 g/mol. The summed E-state index contributed by atoms with van der Waals surface area (Å²) in [5.41, 5.74) is 6.57. The van der Waals surface area contributed by atoms with E-state index in [1.807, 2.05) is 11.3 Å². The van der Waals surface area contributed by atoms with Gasteiger partial charge < -0.3 is 5.73 Å². The number of nitrogens with zero attached hydrogens (tertiary/aromatic N) is 1. The van der Waals surface area contributed by atoms with Gasteiger partial charge in [0, 0.05) is 23.0 Å². The van der Waals surface area contributed by atoms with E-state index in [1.54, 1.807) is 0 Å². The Bertz CT molecular complexity index is 328. The van der Waals surface area contributed by atoms with Crippen molar-refractivity contribution in [1.29, 1.82) is 0 Å². The van der Waals surface area contributed by atoms with E-state index in [-0.39, 0.29) is 5.54 Å². The van der Waals surface area contributed by atoms with Gasteiger partial charge in [0.15, 0.2) is 0 Å². The van der Waals surface area contributed by atoms with Crippen LogP contribution in [-0.2, 0) is 0 Å². The zero-order chi connectivity index (χ0) is 12.3. The van der Waals surface area contributed by atoms with Crippen LogP contribution < -0.4 is 5.73 Å². The molecular formula is C14H24N2S. The molecule has 1 unspecified atom stereocenters. The molecule has 0 saturated heterocycles. The fourth-order valence-electron chi connectivity index (χ4n) is 2.79. The first-order valence-electron chi connectivity index (χ1n) is 6.63. The third-order valence-corrected chi connectivity index (χ3v) is 5.07. The molecule has 1 aliphatic rings. The van der Waals surface area contributed by atoms with Crippen LogP contribution in [0.5, 0.6) is 0 Å². The summed E-state index contributed by atoms with van der Waals surface area (Å²) in [6.07, 6.45) is 6.35. The molecule has 0 amide bonds. The standard InChI is InChI=1S/C14H24N2S/c1-12(13-7-6-10-17-13)16(2)11-14(15)8-4-3-5-9-14/h6-7,10,12H,3-5,8-9,11,15H2,1-2H3. The van der Waals surface area contributed by atoms with Crippen LogP contribution in [-0.4, -0.2) is 24.0 Å². The Morgan fingerprint density at radius 1 is 1.41 bits per heavy atom. The van der Waals surface area contributed by atoms with Crippen LogP contribution >= 0.6 is 11.3 Å². The largest absolute Gasteiger partial charge is 0.324 e. The Morgan fingerprint density at radius 2 is 2.12 bits per heavy atom. The molecule has 0 bridgehead atoms. The molecule has 2 nitrogen and oxygen atoms in total. The number of likely N-dealkylation sites (N-methyl/N-ethyl adjacent to an activating group) is 1. The molecule has 0 aromatic carbocycles. The number of nitrogens with two attached hydrogens (primary N) is 1. The van der Waals surface area contributed by atoms with Gasteiger partial charge in [-0.25, -0.2) is 0 Å². The number of rotatable bonds is 4. The average Bonchev–Trinajstić information content (AvgIpc) is 2.81. The van der Waals surface area contributed by atoms with E-state index in [0.717, 1.165) is 6.54 Å². The fourth-order valence-corrected chi connectivity index (χ4v) is 3.64. The van der Waals surface area contributed by atoms with Crippen LogP contribution in [0.25, 0.3) is 0 Å². The van der Waals surface area contributed by atoms with Crippen LogP contribution in [0.15, 0.2) is 17.5 Å². The van der Waals surface area contributed by atoms with Gasteiger partial charge in [-0.2, -0.15) is 0 Å². The maximum absolute atomic E-state index is 6.51. The Hall–Kier alpha value is -0.380. The van der Waals surface area contributed by atoms with Gasteiger partial charge in [-0.3, -0.25) is 4.90 Å². The van der Waals surface area contributed by atoms with E-state index in [0.29, 0.717) is 6.04 Å². The van der Waals surface area contributed by atoms with Crippen LogP contribution in [0.4, 0.5) is 0 Å². The second-order valence-electron chi connectivity index (χ2n) is 5.53. The van der Waals surface area contributed by atoms with E-state index < -0.39 is 0 Å². The lowest BCUT2D eigenvalue weighted by Gasteiger charge is -2.38. The van der Waals surface area contributed by atoms with E-state index in [2.05, 4.69) is 36.4 Å². The SMILES string of the molecule is CC(c1cccs1)N(C)CC1(N)CCCCC1. The summed E-state index contributed by atoms with van der Waals surface area (Å²) >= 11 is 1.84. The summed E-state index contributed by atoms with van der Waals surface area (Å²) < 4.78 is 0. The minimum atomic E-state index is 0.0541. The molecule has 2 N–H and O–H groups in total. The molecule has 1 aliphatic carbocycles. The summed E-state index contributed by atoms with van der Waals surface area (Å²) in [5, 5.41) is 2.15. The molecule has 96 valence electrons. The van der Waals surface area contributed by atoms with E-state index >= 15 is 0 Å². The first kappa shape index (κ1) is 13.1. The molecule has 1 fully saturated rings. The molecule has 1 aromatic rings. The van der Waals surface area contributed by atoms with Gasteiger partial charge in [-0.15, -0.1) is 11.3 Å². The highest BCUT2D eigenvalue weighted by atomic mass is 32.1. The van der Waals surface area contributed by atoms with Crippen LogP contribution in [0, 0.1) is 0 Å². The summed E-state index contributed by atoms with van der Waals surface area (Å²) in [7, 11) is 2.20. The van der Waals surface area contributed by atoms with Crippen molar-refractivity contribution in [2.75, 3.05) is 13.6 Å². The van der Waals surface area contributed by atoms with Crippen molar-refractivity contribution in [2.24, 2.45) is 5.73 Å². The summed E-state index contributed by atoms with van der Waals surface area (Å²) in [6.45, 7) is 3.30. The van der Waals surface area contributed by atoms with Crippen LogP contribution in [0.3, 0.4) is 0 Å². The second kappa shape index (κ2) is 5.51. The molecule has 2 rings (SSSR count). The minimum Gasteiger partial charge on any atom is -0.324 e. The molecule has 1 heterocycles. The predicted octanol–water partition coefficient (Wildman–Crippen LogP) is 3.40. The van der Waals surface area contributed by atoms with Gasteiger partial charge >= 0.3 is 0 Å². The molecule has 1 atom stereocenters. The lowest BCUT2D eigenvalue weighted by Crippen LogP contribution is -2.50. The van der Waals surface area contributed by atoms with Gasteiger partial charge in [0.2, 0.25) is 0 Å². The molecule has 0 radical (unpaired) electrons. The van der Waals surface area contributed by atoms with Crippen molar-refractivity contribution >= 4 is 11.3 Å². The van der Waals surface area contributed by atoms with Gasteiger partial charge in [-0.1, -0.05) is 25.3 Å². The van der Waals surface area contributed by atoms with Crippen molar-refractivity contribution in [3.63, 3.8) is 0 Å². The minimum absolute atomic E-state index is 0.0541. The number of hydrogen-bond acceptors (Lipinski definition) is 3. The van der Waals surface area contributed by atoms with Crippen molar-refractivity contribution in [1.82, 2.24) is 4.90 Å². The monoisotopic (exact) mass is 252 g/mol. The Balaban J connectivity index is 1.93. The molecule has 3 heteroatoms. The zero-order valence-electron chi connectivity index (χ0n) is 11.0. The van der Waals surface area contributed by atoms with Crippen LogP contribution in [0.1, 0.15) is 49.9 Å². The Morgan fingerprint density at radius 3 is 2.71 bits per heavy atom. The highest BCUT2D eigenvalue weighted by Crippen LogP contribution is 2.30. The maximum atomic E-state index is 6.51. The lowest BCUT2D eigenvalue weighted by atomic mass is 9.82. The molecule has 17 heavy (non-hydrogen) atoms. The second-order valence-corrected chi connectivity index (χ2v) is 6.51. The number of hydrogen-bond donors (Lipinski definition) is 1. The highest BCUT2D eigenvalue weighted by molar-refractivity contribution is 7.10. The predicted molar refractivity (Wildman–Crippen MR) is 75.4 cm³/mol. The van der Waals surface area contributed by atoms with Crippen molar-refractivity contribution in [3.05, 3.63) is 22.4 Å². The third kappa shape index (κ3) is 3.30. The molecule has 1 aromatic heterocycles. The normalized spacial score (nSPS) is 21.6. The summed E-state index contributed by atoms with van der Waals surface area (Å²) in [5.74, 6) is 0. The lowest BCUT2D eigenvalue weighted by molar-refractivity contribution is 0.166. The first-order valence-corrected chi connectivity index (χ1v) is 7.51. The van der Waals surface area contributed by atoms with E-state index in [4.69, 9.17) is 5.73 Å². The van der Waals surface area contributed by atoms with Crippen molar-refractivity contribution in [3.8, 4) is 0 Å². The molecular weight excluding hydrogens is 228 g/mol.